The third-order valence-corrected chi connectivity index (χ3v) is 3.29. The Kier molecular flexibility index (Phi) is 16.0. The normalized spacial score (nSPS) is 10.8. The maximum Gasteiger partial charge on any atom is 0.217 e. The predicted molar refractivity (Wildman–Crippen MR) is 87.1 cm³/mol. The van der Waals surface area contributed by atoms with Gasteiger partial charge in [-0.15, -0.1) is 0 Å². The van der Waals surface area contributed by atoms with Gasteiger partial charge in [0.1, 0.15) is 0 Å². The number of nitrogens with zero attached hydrogens (tertiary/aromatic N) is 1. The van der Waals surface area contributed by atoms with E-state index in [2.05, 4.69) is 6.92 Å². The van der Waals surface area contributed by atoms with Gasteiger partial charge in [0.2, 0.25) is 5.91 Å². The van der Waals surface area contributed by atoms with Crippen LogP contribution >= 0.6 is 0 Å². The van der Waals surface area contributed by atoms with Crippen LogP contribution in [0.25, 0.3) is 0 Å². The average Bonchev–Trinajstić information content (AvgIpc) is 2.36. The summed E-state index contributed by atoms with van der Waals surface area (Å²) in [6.07, 6.45) is 12.1. The molecule has 0 saturated heterocycles. The van der Waals surface area contributed by atoms with Crippen molar-refractivity contribution in [2.45, 2.75) is 78.1 Å². The largest absolute Gasteiger partial charge is 0.633 e. The molecule has 0 rings (SSSR count). The Labute approximate surface area is 125 Å². The quantitative estimate of drug-likeness (QED) is 0.355. The maximum atomic E-state index is 10.4. The first-order valence-electron chi connectivity index (χ1n) is 8.15. The van der Waals surface area contributed by atoms with E-state index in [0.29, 0.717) is 13.0 Å². The fourth-order valence-electron chi connectivity index (χ4n) is 1.61. The Morgan fingerprint density at radius 1 is 0.900 bits per heavy atom. The van der Waals surface area contributed by atoms with Crippen molar-refractivity contribution in [3.05, 3.63) is 5.21 Å². The van der Waals surface area contributed by atoms with Gasteiger partial charge in [0, 0.05) is 6.42 Å². The summed E-state index contributed by atoms with van der Waals surface area (Å²) in [5.41, 5.74) is 5.05. The first kappa shape index (κ1) is 21.7. The zero-order valence-electron chi connectivity index (χ0n) is 14.1. The van der Waals surface area contributed by atoms with Crippen molar-refractivity contribution in [1.29, 1.82) is 0 Å². The summed E-state index contributed by atoms with van der Waals surface area (Å²) in [5, 5.41) is 10.4. The summed E-state index contributed by atoms with van der Waals surface area (Å²) in [4.78, 5) is 10.4. The molecule has 0 aromatic rings. The van der Waals surface area contributed by atoms with E-state index < -0.39 is 0 Å². The summed E-state index contributed by atoms with van der Waals surface area (Å²) in [6.45, 7) is 4.76. The monoisotopic (exact) mass is 288 g/mol. The van der Waals surface area contributed by atoms with Crippen LogP contribution < -0.4 is 5.73 Å². The van der Waals surface area contributed by atoms with Crippen LogP contribution in [-0.4, -0.2) is 31.2 Å². The molecule has 0 spiro atoms. The standard InChI is InChI=1S/C12H25NO.C4H11NO/c1-2-3-4-5-6-7-8-9-10-11-12(13)14;1-4-5(2,3)6/h2-11H2,1H3,(H2,13,14);4H2,1-3H3. The number of amides is 1. The van der Waals surface area contributed by atoms with Gasteiger partial charge >= 0.3 is 0 Å². The van der Waals surface area contributed by atoms with E-state index in [1.807, 2.05) is 6.92 Å². The molecule has 122 valence electrons. The highest BCUT2D eigenvalue weighted by molar-refractivity contribution is 5.73. The van der Waals surface area contributed by atoms with Gasteiger partial charge < -0.3 is 15.6 Å². The van der Waals surface area contributed by atoms with Gasteiger partial charge in [-0.05, 0) is 13.3 Å². The molecule has 0 atom stereocenters. The number of carbonyl (C=O) groups is 1. The van der Waals surface area contributed by atoms with Gasteiger partial charge in [-0.25, -0.2) is 0 Å². The van der Waals surface area contributed by atoms with Crippen LogP contribution in [0.5, 0.6) is 0 Å². The van der Waals surface area contributed by atoms with Crippen LogP contribution in [0.15, 0.2) is 0 Å². The Balaban J connectivity index is 0. The fraction of sp³-hybridized carbons (Fsp3) is 0.938. The smallest absolute Gasteiger partial charge is 0.217 e. The first-order valence-corrected chi connectivity index (χ1v) is 8.15. The topological polar surface area (TPSA) is 66.2 Å². The number of primary amides is 1. The highest BCUT2D eigenvalue weighted by Gasteiger charge is 1.94. The van der Waals surface area contributed by atoms with Crippen molar-refractivity contribution in [3.63, 3.8) is 0 Å². The van der Waals surface area contributed by atoms with Crippen molar-refractivity contribution >= 4 is 5.91 Å². The zero-order valence-corrected chi connectivity index (χ0v) is 14.1. The average molecular weight is 288 g/mol. The summed E-state index contributed by atoms with van der Waals surface area (Å²) in [6, 6.07) is 0. The summed E-state index contributed by atoms with van der Waals surface area (Å²) >= 11 is 0. The van der Waals surface area contributed by atoms with Gasteiger partial charge in [-0.1, -0.05) is 58.3 Å². The van der Waals surface area contributed by atoms with E-state index in [4.69, 9.17) is 5.73 Å². The third kappa shape index (κ3) is 26.1. The molecule has 0 aromatic heterocycles. The van der Waals surface area contributed by atoms with Gasteiger partial charge in [0.15, 0.2) is 0 Å². The molecule has 1 amide bonds. The second-order valence-corrected chi connectivity index (χ2v) is 5.93. The van der Waals surface area contributed by atoms with Crippen LogP contribution in [0.2, 0.25) is 0 Å². The van der Waals surface area contributed by atoms with Gasteiger partial charge in [0.05, 0.1) is 20.6 Å². The zero-order chi connectivity index (χ0) is 15.9. The van der Waals surface area contributed by atoms with Crippen LogP contribution in [0, 0.1) is 5.21 Å². The molecule has 20 heavy (non-hydrogen) atoms. The highest BCUT2D eigenvalue weighted by atomic mass is 16.5. The number of hydroxylamine groups is 3. The number of carbonyl (C=O) groups excluding carboxylic acids is 1. The molecule has 0 aromatic carbocycles. The lowest BCUT2D eigenvalue weighted by atomic mass is 10.1. The molecule has 2 N–H and O–H groups in total. The summed E-state index contributed by atoms with van der Waals surface area (Å²) in [5.74, 6) is -0.159. The maximum absolute atomic E-state index is 10.4. The number of nitrogens with two attached hydrogens (primary N) is 1. The summed E-state index contributed by atoms with van der Waals surface area (Å²) < 4.78 is -0.181. The fourth-order valence-corrected chi connectivity index (χ4v) is 1.61. The van der Waals surface area contributed by atoms with Gasteiger partial charge in [-0.2, -0.15) is 0 Å². The number of rotatable bonds is 11. The van der Waals surface area contributed by atoms with Crippen LogP contribution in [-0.2, 0) is 4.79 Å². The molecule has 0 unspecified atom stereocenters. The Morgan fingerprint density at radius 3 is 1.55 bits per heavy atom. The molecule has 0 heterocycles. The Hall–Kier alpha value is -0.610. The molecule has 0 fully saturated rings. The Morgan fingerprint density at radius 2 is 1.25 bits per heavy atom. The van der Waals surface area contributed by atoms with Crippen LogP contribution in [0.3, 0.4) is 0 Å². The lowest BCUT2D eigenvalue weighted by molar-refractivity contribution is -0.837. The molecule has 0 bridgehead atoms. The van der Waals surface area contributed by atoms with Crippen molar-refractivity contribution < 1.29 is 9.44 Å². The molecule has 0 aliphatic heterocycles. The van der Waals surface area contributed by atoms with Crippen molar-refractivity contribution in [1.82, 2.24) is 0 Å². The lowest BCUT2D eigenvalue weighted by Gasteiger charge is -2.31. The third-order valence-electron chi connectivity index (χ3n) is 3.29. The van der Waals surface area contributed by atoms with Gasteiger partial charge in [-0.3, -0.25) is 4.79 Å². The molecule has 4 nitrogen and oxygen atoms in total. The van der Waals surface area contributed by atoms with E-state index in [1.165, 1.54) is 44.9 Å². The van der Waals surface area contributed by atoms with Crippen molar-refractivity contribution in [2.24, 2.45) is 5.73 Å². The van der Waals surface area contributed by atoms with E-state index in [1.54, 1.807) is 14.1 Å². The van der Waals surface area contributed by atoms with E-state index in [-0.39, 0.29) is 10.6 Å². The molecule has 0 aliphatic carbocycles. The van der Waals surface area contributed by atoms with E-state index in [0.717, 1.165) is 12.8 Å². The number of quaternary nitrogens is 1. The van der Waals surface area contributed by atoms with Crippen LogP contribution in [0.1, 0.15) is 78.1 Å². The first-order chi connectivity index (χ1) is 9.33. The van der Waals surface area contributed by atoms with E-state index >= 15 is 0 Å². The molecular weight excluding hydrogens is 252 g/mol. The second-order valence-electron chi connectivity index (χ2n) is 5.93. The summed E-state index contributed by atoms with van der Waals surface area (Å²) in [7, 11) is 3.25. The number of unbranched alkanes of at least 4 members (excludes halogenated alkanes) is 8. The number of hydrogen-bond acceptors (Lipinski definition) is 2. The lowest BCUT2D eigenvalue weighted by Crippen LogP contribution is -2.31. The van der Waals surface area contributed by atoms with Crippen molar-refractivity contribution in [3.8, 4) is 0 Å². The van der Waals surface area contributed by atoms with Crippen LogP contribution in [0.4, 0.5) is 0 Å². The molecule has 4 heteroatoms. The Bertz CT molecular complexity index is 213. The SMILES string of the molecule is CCCCCCCCCCCC(N)=O.CC[N+](C)(C)[O-]. The highest BCUT2D eigenvalue weighted by Crippen LogP contribution is 2.10. The molecule has 0 radical (unpaired) electrons. The minimum Gasteiger partial charge on any atom is -0.633 e. The molecular formula is C16H36N2O2. The van der Waals surface area contributed by atoms with E-state index in [9.17, 15) is 10.0 Å². The number of hydrogen-bond donors (Lipinski definition) is 1. The van der Waals surface area contributed by atoms with Crippen molar-refractivity contribution in [2.75, 3.05) is 20.6 Å². The molecule has 0 aliphatic rings. The van der Waals surface area contributed by atoms with Gasteiger partial charge in [0.25, 0.3) is 0 Å². The predicted octanol–water partition coefficient (Wildman–Crippen LogP) is 3.97. The molecule has 0 saturated carbocycles. The second kappa shape index (κ2) is 14.8. The minimum atomic E-state index is -0.181. The minimum absolute atomic E-state index is 0.159.